The van der Waals surface area contributed by atoms with Crippen LogP contribution in [0.15, 0.2) is 18.3 Å². The monoisotopic (exact) mass is 151 g/mol. The maximum atomic E-state index is 11.1. The summed E-state index contributed by atoms with van der Waals surface area (Å²) >= 11 is 0. The maximum Gasteiger partial charge on any atom is 0.179 e. The third-order valence-electron chi connectivity index (χ3n) is 1.39. The van der Waals surface area contributed by atoms with Crippen molar-refractivity contribution < 1.29 is 9.59 Å². The van der Waals surface area contributed by atoms with E-state index in [1.807, 2.05) is 0 Å². The molecule has 1 aromatic rings. The first-order chi connectivity index (χ1) is 5.34. The van der Waals surface area contributed by atoms with Gasteiger partial charge in [-0.25, -0.2) is 0 Å². The van der Waals surface area contributed by atoms with E-state index < -0.39 is 0 Å². The van der Waals surface area contributed by atoms with E-state index in [0.29, 0.717) is 18.5 Å². The fraction of sp³-hybridized carbons (Fsp3) is 0.250. The van der Waals surface area contributed by atoms with E-state index in [9.17, 15) is 9.59 Å². The molecule has 0 saturated heterocycles. The number of aromatic nitrogens is 1. The predicted octanol–water partition coefficient (Wildman–Crippen LogP) is 1.18. The van der Waals surface area contributed by atoms with Gasteiger partial charge in [-0.1, -0.05) is 0 Å². The first-order valence-corrected chi connectivity index (χ1v) is 3.45. The molecular formula is C8H9NO2. The second-order valence-corrected chi connectivity index (χ2v) is 2.21. The normalized spacial score (nSPS) is 9.45. The third kappa shape index (κ3) is 2.04. The van der Waals surface area contributed by atoms with Gasteiger partial charge in [-0.15, -0.1) is 0 Å². The molecule has 0 bridgehead atoms. The summed E-state index contributed by atoms with van der Waals surface area (Å²) in [4.78, 5) is 23.8. The zero-order valence-corrected chi connectivity index (χ0v) is 6.04. The van der Waals surface area contributed by atoms with E-state index in [-0.39, 0.29) is 5.78 Å². The highest BCUT2D eigenvalue weighted by atomic mass is 16.1. The molecule has 11 heavy (non-hydrogen) atoms. The smallest absolute Gasteiger partial charge is 0.179 e. The molecule has 0 unspecified atom stereocenters. The lowest BCUT2D eigenvalue weighted by Gasteiger charge is -1.91. The molecule has 3 nitrogen and oxygen atoms in total. The van der Waals surface area contributed by atoms with Crippen molar-refractivity contribution >= 4 is 12.1 Å². The Labute approximate surface area is 64.4 Å². The largest absolute Gasteiger partial charge is 0.359 e. The molecule has 0 aliphatic rings. The van der Waals surface area contributed by atoms with E-state index in [1.54, 1.807) is 18.3 Å². The van der Waals surface area contributed by atoms with Crippen LogP contribution in [0.1, 0.15) is 23.3 Å². The second-order valence-electron chi connectivity index (χ2n) is 2.21. The fourth-order valence-corrected chi connectivity index (χ4v) is 0.828. The summed E-state index contributed by atoms with van der Waals surface area (Å²) in [5.74, 6) is -0.0119. The van der Waals surface area contributed by atoms with Gasteiger partial charge < -0.3 is 9.78 Å². The molecular weight excluding hydrogens is 142 g/mol. The van der Waals surface area contributed by atoms with Gasteiger partial charge in [0.25, 0.3) is 0 Å². The lowest BCUT2D eigenvalue weighted by Crippen LogP contribution is -1.98. The highest BCUT2D eigenvalue weighted by molar-refractivity contribution is 5.95. The minimum absolute atomic E-state index is 0.0119. The van der Waals surface area contributed by atoms with Crippen LogP contribution >= 0.6 is 0 Å². The summed E-state index contributed by atoms with van der Waals surface area (Å²) in [7, 11) is 0. The quantitative estimate of drug-likeness (QED) is 0.518. The van der Waals surface area contributed by atoms with E-state index in [2.05, 4.69) is 4.98 Å². The second kappa shape index (κ2) is 3.71. The van der Waals surface area contributed by atoms with Gasteiger partial charge in [-0.3, -0.25) is 4.79 Å². The van der Waals surface area contributed by atoms with Crippen LogP contribution in [-0.2, 0) is 4.79 Å². The number of nitrogens with one attached hydrogen (secondary N) is 1. The number of rotatable bonds is 4. The Morgan fingerprint density at radius 1 is 1.64 bits per heavy atom. The van der Waals surface area contributed by atoms with Crippen LogP contribution in [0.25, 0.3) is 0 Å². The molecule has 1 aromatic heterocycles. The Balaban J connectivity index is 2.49. The van der Waals surface area contributed by atoms with Crippen LogP contribution in [0.3, 0.4) is 0 Å². The van der Waals surface area contributed by atoms with Gasteiger partial charge in [-0.2, -0.15) is 0 Å². The van der Waals surface area contributed by atoms with Gasteiger partial charge >= 0.3 is 0 Å². The Morgan fingerprint density at radius 3 is 3.00 bits per heavy atom. The van der Waals surface area contributed by atoms with Gasteiger partial charge in [0.1, 0.15) is 6.29 Å². The van der Waals surface area contributed by atoms with E-state index in [0.717, 1.165) is 6.29 Å². The first-order valence-electron chi connectivity index (χ1n) is 3.45. The van der Waals surface area contributed by atoms with Crippen LogP contribution in [0, 0.1) is 0 Å². The number of hydrogen-bond acceptors (Lipinski definition) is 2. The molecule has 1 heterocycles. The van der Waals surface area contributed by atoms with Crippen molar-refractivity contribution in [3.63, 3.8) is 0 Å². The average Bonchev–Trinajstić information content (AvgIpc) is 2.52. The van der Waals surface area contributed by atoms with Crippen LogP contribution in [-0.4, -0.2) is 17.1 Å². The van der Waals surface area contributed by atoms with Gasteiger partial charge in [0.15, 0.2) is 5.78 Å². The maximum absolute atomic E-state index is 11.1. The van der Waals surface area contributed by atoms with Crippen molar-refractivity contribution in [2.24, 2.45) is 0 Å². The Hall–Kier alpha value is -1.38. The van der Waals surface area contributed by atoms with E-state index in [1.165, 1.54) is 0 Å². The molecule has 0 amide bonds. The average molecular weight is 151 g/mol. The van der Waals surface area contributed by atoms with Crippen LogP contribution in [0.2, 0.25) is 0 Å². The zero-order valence-electron chi connectivity index (χ0n) is 6.04. The Bertz CT molecular complexity index is 239. The minimum atomic E-state index is -0.0119. The Morgan fingerprint density at radius 2 is 2.45 bits per heavy atom. The topological polar surface area (TPSA) is 49.9 Å². The lowest BCUT2D eigenvalue weighted by molar-refractivity contribution is -0.107. The van der Waals surface area contributed by atoms with Gasteiger partial charge in [0.2, 0.25) is 0 Å². The molecule has 58 valence electrons. The number of carbonyl (C=O) groups is 2. The summed E-state index contributed by atoms with van der Waals surface area (Å²) in [5, 5.41) is 0. The number of aldehydes is 1. The van der Waals surface area contributed by atoms with Gasteiger partial charge in [0, 0.05) is 19.0 Å². The lowest BCUT2D eigenvalue weighted by atomic mass is 10.2. The van der Waals surface area contributed by atoms with Crippen molar-refractivity contribution in [3.8, 4) is 0 Å². The van der Waals surface area contributed by atoms with Crippen molar-refractivity contribution in [1.29, 1.82) is 0 Å². The van der Waals surface area contributed by atoms with Crippen molar-refractivity contribution in [2.75, 3.05) is 0 Å². The van der Waals surface area contributed by atoms with Gasteiger partial charge in [-0.05, 0) is 12.1 Å². The molecule has 0 saturated carbocycles. The number of H-pyrrole nitrogens is 1. The van der Waals surface area contributed by atoms with Crippen molar-refractivity contribution in [3.05, 3.63) is 24.0 Å². The first kappa shape index (κ1) is 7.72. The molecule has 0 spiro atoms. The number of aromatic amines is 1. The number of carbonyl (C=O) groups excluding carboxylic acids is 2. The van der Waals surface area contributed by atoms with Crippen LogP contribution in [0.4, 0.5) is 0 Å². The van der Waals surface area contributed by atoms with E-state index >= 15 is 0 Å². The molecule has 0 fully saturated rings. The summed E-state index contributed by atoms with van der Waals surface area (Å²) in [6.45, 7) is 0. The molecule has 0 aliphatic carbocycles. The molecule has 1 rings (SSSR count). The standard InChI is InChI=1S/C8H9NO2/c10-6-2-4-8(11)7-3-1-5-9-7/h1,3,5-6,9H,2,4H2. The number of Topliss-reactive ketones (excluding diaryl/α,β-unsaturated/α-hetero) is 1. The highest BCUT2D eigenvalue weighted by Crippen LogP contribution is 2.00. The summed E-state index contributed by atoms with van der Waals surface area (Å²) in [6, 6.07) is 3.46. The van der Waals surface area contributed by atoms with Crippen molar-refractivity contribution in [1.82, 2.24) is 4.98 Å². The van der Waals surface area contributed by atoms with E-state index in [4.69, 9.17) is 0 Å². The van der Waals surface area contributed by atoms with Crippen LogP contribution in [0.5, 0.6) is 0 Å². The fourth-order valence-electron chi connectivity index (χ4n) is 0.828. The third-order valence-corrected chi connectivity index (χ3v) is 1.39. The van der Waals surface area contributed by atoms with Crippen molar-refractivity contribution in [2.45, 2.75) is 12.8 Å². The van der Waals surface area contributed by atoms with Gasteiger partial charge in [0.05, 0.1) is 5.69 Å². The molecule has 0 aromatic carbocycles. The predicted molar refractivity (Wildman–Crippen MR) is 40.4 cm³/mol. The highest BCUT2D eigenvalue weighted by Gasteiger charge is 2.03. The van der Waals surface area contributed by atoms with Crippen LogP contribution < -0.4 is 0 Å². The molecule has 3 heteroatoms. The zero-order chi connectivity index (χ0) is 8.10. The SMILES string of the molecule is O=CCCC(=O)c1ccc[nH]1. The number of ketones is 1. The summed E-state index contributed by atoms with van der Waals surface area (Å²) in [5.41, 5.74) is 0.576. The molecule has 0 atom stereocenters. The Kier molecular flexibility index (Phi) is 2.60. The summed E-state index contributed by atoms with van der Waals surface area (Å²) < 4.78 is 0. The molecule has 0 aliphatic heterocycles. The minimum Gasteiger partial charge on any atom is -0.359 e. The molecule has 0 radical (unpaired) electrons. The number of hydrogen-bond donors (Lipinski definition) is 1. The summed E-state index contributed by atoms with van der Waals surface area (Å²) in [6.07, 6.45) is 3.04. The molecule has 1 N–H and O–H groups in total.